The Labute approximate surface area is 135 Å². The molecule has 0 aliphatic carbocycles. The summed E-state index contributed by atoms with van der Waals surface area (Å²) in [6.45, 7) is 4.21. The van der Waals surface area contributed by atoms with Crippen molar-refractivity contribution in [3.63, 3.8) is 0 Å². The summed E-state index contributed by atoms with van der Waals surface area (Å²) in [5.74, 6) is -0.228. The molecular weight excluding hydrogens is 306 g/mol. The second-order valence-electron chi connectivity index (χ2n) is 5.30. The molecule has 0 aliphatic rings. The van der Waals surface area contributed by atoms with Gasteiger partial charge in [-0.3, -0.25) is 9.59 Å². The SMILES string of the molecule is CC(=O)C(C)Oc1cc(N)c(Cl)cc1C(=O)NCCN(C)C. The van der Waals surface area contributed by atoms with Gasteiger partial charge in [0.25, 0.3) is 5.91 Å². The van der Waals surface area contributed by atoms with Crippen LogP contribution in [0.3, 0.4) is 0 Å². The molecule has 1 aromatic rings. The fourth-order valence-electron chi connectivity index (χ4n) is 1.61. The minimum atomic E-state index is -0.672. The summed E-state index contributed by atoms with van der Waals surface area (Å²) in [6.07, 6.45) is -0.672. The summed E-state index contributed by atoms with van der Waals surface area (Å²) in [4.78, 5) is 25.6. The van der Waals surface area contributed by atoms with Crippen molar-refractivity contribution in [2.24, 2.45) is 0 Å². The van der Waals surface area contributed by atoms with Gasteiger partial charge in [0.2, 0.25) is 0 Å². The van der Waals surface area contributed by atoms with E-state index in [-0.39, 0.29) is 33.7 Å². The topological polar surface area (TPSA) is 84.7 Å². The van der Waals surface area contributed by atoms with Gasteiger partial charge in [-0.15, -0.1) is 0 Å². The van der Waals surface area contributed by atoms with Crippen LogP contribution in [0.5, 0.6) is 5.75 Å². The highest BCUT2D eigenvalue weighted by Crippen LogP contribution is 2.29. The molecule has 0 aromatic heterocycles. The third-order valence-electron chi connectivity index (χ3n) is 3.06. The summed E-state index contributed by atoms with van der Waals surface area (Å²) >= 11 is 5.98. The largest absolute Gasteiger partial charge is 0.482 e. The molecule has 1 unspecified atom stereocenters. The van der Waals surface area contributed by atoms with E-state index < -0.39 is 6.10 Å². The van der Waals surface area contributed by atoms with Crippen molar-refractivity contribution in [3.05, 3.63) is 22.7 Å². The average molecular weight is 328 g/mol. The van der Waals surface area contributed by atoms with E-state index in [0.717, 1.165) is 0 Å². The zero-order valence-corrected chi connectivity index (χ0v) is 14.0. The van der Waals surface area contributed by atoms with Crippen LogP contribution in [0, 0.1) is 0 Å². The standard InChI is InChI=1S/C15H22ClN3O3/c1-9(20)10(2)22-14-8-13(17)12(16)7-11(14)15(21)18-5-6-19(3)4/h7-8,10H,5-6,17H2,1-4H3,(H,18,21). The number of rotatable bonds is 7. The second kappa shape index (κ2) is 8.00. The summed E-state index contributed by atoms with van der Waals surface area (Å²) in [5, 5.41) is 3.04. The monoisotopic (exact) mass is 327 g/mol. The first kappa shape index (κ1) is 18.3. The van der Waals surface area contributed by atoms with Gasteiger partial charge in [0.15, 0.2) is 11.9 Å². The molecule has 3 N–H and O–H groups in total. The number of carbonyl (C=O) groups excluding carboxylic acids is 2. The number of benzene rings is 1. The quantitative estimate of drug-likeness (QED) is 0.743. The van der Waals surface area contributed by atoms with E-state index in [1.165, 1.54) is 19.1 Å². The smallest absolute Gasteiger partial charge is 0.255 e. The molecule has 0 bridgehead atoms. The van der Waals surface area contributed by atoms with Gasteiger partial charge < -0.3 is 20.7 Å². The molecule has 0 spiro atoms. The van der Waals surface area contributed by atoms with Crippen molar-refractivity contribution >= 4 is 29.0 Å². The number of ketones is 1. The molecule has 7 heteroatoms. The van der Waals surface area contributed by atoms with E-state index in [2.05, 4.69) is 5.32 Å². The van der Waals surface area contributed by atoms with E-state index in [4.69, 9.17) is 22.1 Å². The van der Waals surface area contributed by atoms with Crippen molar-refractivity contribution < 1.29 is 14.3 Å². The zero-order chi connectivity index (χ0) is 16.9. The number of nitrogens with zero attached hydrogens (tertiary/aromatic N) is 1. The van der Waals surface area contributed by atoms with E-state index in [1.54, 1.807) is 6.92 Å². The number of hydrogen-bond donors (Lipinski definition) is 2. The lowest BCUT2D eigenvalue weighted by Gasteiger charge is -2.17. The Morgan fingerprint density at radius 2 is 2.05 bits per heavy atom. The molecule has 1 aromatic carbocycles. The van der Waals surface area contributed by atoms with Crippen molar-refractivity contribution in [2.75, 3.05) is 32.9 Å². The molecule has 0 saturated carbocycles. The maximum Gasteiger partial charge on any atom is 0.255 e. The number of halogens is 1. The predicted molar refractivity (Wildman–Crippen MR) is 87.5 cm³/mol. The molecule has 0 fully saturated rings. The van der Waals surface area contributed by atoms with Crippen LogP contribution in [-0.2, 0) is 4.79 Å². The first-order chi connectivity index (χ1) is 10.2. The van der Waals surface area contributed by atoms with Crippen molar-refractivity contribution in [1.29, 1.82) is 0 Å². The minimum absolute atomic E-state index is 0.146. The predicted octanol–water partition coefficient (Wildman–Crippen LogP) is 1.57. The first-order valence-corrected chi connectivity index (χ1v) is 7.29. The molecule has 1 amide bonds. The van der Waals surface area contributed by atoms with Crippen LogP contribution in [0.25, 0.3) is 0 Å². The van der Waals surface area contributed by atoms with Crippen LogP contribution < -0.4 is 15.8 Å². The number of nitrogen functional groups attached to an aromatic ring is 1. The molecule has 1 atom stereocenters. The number of likely N-dealkylation sites (N-methyl/N-ethyl adjacent to an activating group) is 1. The van der Waals surface area contributed by atoms with Crippen molar-refractivity contribution in [2.45, 2.75) is 20.0 Å². The highest BCUT2D eigenvalue weighted by molar-refractivity contribution is 6.33. The van der Waals surface area contributed by atoms with Crippen LogP contribution in [0.2, 0.25) is 5.02 Å². The lowest BCUT2D eigenvalue weighted by atomic mass is 10.1. The number of carbonyl (C=O) groups is 2. The third kappa shape index (κ3) is 5.20. The summed E-state index contributed by atoms with van der Waals surface area (Å²) in [6, 6.07) is 2.91. The van der Waals surface area contributed by atoms with Gasteiger partial charge in [-0.2, -0.15) is 0 Å². The van der Waals surface area contributed by atoms with Gasteiger partial charge in [0, 0.05) is 19.2 Å². The molecule has 0 radical (unpaired) electrons. The molecule has 0 aliphatic heterocycles. The van der Waals surface area contributed by atoms with Crippen molar-refractivity contribution in [3.8, 4) is 5.75 Å². The maximum absolute atomic E-state index is 12.3. The lowest BCUT2D eigenvalue weighted by Crippen LogP contribution is -2.32. The fraction of sp³-hybridized carbons (Fsp3) is 0.467. The number of anilines is 1. The first-order valence-electron chi connectivity index (χ1n) is 6.91. The highest BCUT2D eigenvalue weighted by atomic mass is 35.5. The number of ether oxygens (including phenoxy) is 1. The van der Waals surface area contributed by atoms with Gasteiger partial charge in [-0.25, -0.2) is 0 Å². The highest BCUT2D eigenvalue weighted by Gasteiger charge is 2.18. The van der Waals surface area contributed by atoms with E-state index in [0.29, 0.717) is 13.1 Å². The Hall–Kier alpha value is -1.79. The Bertz CT molecular complexity index is 561. The van der Waals surface area contributed by atoms with Gasteiger partial charge in [-0.05, 0) is 34.0 Å². The van der Waals surface area contributed by atoms with Crippen molar-refractivity contribution in [1.82, 2.24) is 10.2 Å². The summed E-state index contributed by atoms with van der Waals surface area (Å²) < 4.78 is 5.53. The molecular formula is C15H22ClN3O3. The second-order valence-corrected chi connectivity index (χ2v) is 5.71. The number of Topliss-reactive ketones (excluding diaryl/α,β-unsaturated/α-hetero) is 1. The minimum Gasteiger partial charge on any atom is -0.482 e. The Morgan fingerprint density at radius 1 is 1.41 bits per heavy atom. The summed E-state index contributed by atoms with van der Waals surface area (Å²) in [7, 11) is 3.82. The molecule has 1 rings (SSSR count). The Balaban J connectivity index is 2.98. The van der Waals surface area contributed by atoms with Crippen LogP contribution in [-0.4, -0.2) is 49.9 Å². The zero-order valence-electron chi connectivity index (χ0n) is 13.3. The van der Waals surface area contributed by atoms with Gasteiger partial charge in [0.05, 0.1) is 16.3 Å². The number of amides is 1. The molecule has 0 heterocycles. The number of nitrogens with one attached hydrogen (secondary N) is 1. The van der Waals surface area contributed by atoms with Gasteiger partial charge in [0.1, 0.15) is 5.75 Å². The normalized spacial score (nSPS) is 12.1. The average Bonchev–Trinajstić information content (AvgIpc) is 2.41. The van der Waals surface area contributed by atoms with E-state index >= 15 is 0 Å². The van der Waals surface area contributed by atoms with E-state index in [9.17, 15) is 9.59 Å². The van der Waals surface area contributed by atoms with Crippen LogP contribution in [0.1, 0.15) is 24.2 Å². The molecule has 22 heavy (non-hydrogen) atoms. The van der Waals surface area contributed by atoms with E-state index in [1.807, 2.05) is 19.0 Å². The number of hydrogen-bond acceptors (Lipinski definition) is 5. The summed E-state index contributed by atoms with van der Waals surface area (Å²) in [5.41, 5.74) is 6.29. The third-order valence-corrected chi connectivity index (χ3v) is 3.39. The van der Waals surface area contributed by atoms with Gasteiger partial charge >= 0.3 is 0 Å². The maximum atomic E-state index is 12.3. The van der Waals surface area contributed by atoms with Crippen LogP contribution in [0.15, 0.2) is 12.1 Å². The Kier molecular flexibility index (Phi) is 6.64. The van der Waals surface area contributed by atoms with Crippen LogP contribution in [0.4, 0.5) is 5.69 Å². The Morgan fingerprint density at radius 3 is 2.59 bits per heavy atom. The fourth-order valence-corrected chi connectivity index (χ4v) is 1.77. The lowest BCUT2D eigenvalue weighted by molar-refractivity contribution is -0.122. The van der Waals surface area contributed by atoms with Gasteiger partial charge in [-0.1, -0.05) is 11.6 Å². The molecule has 6 nitrogen and oxygen atoms in total. The molecule has 0 saturated heterocycles. The van der Waals surface area contributed by atoms with Crippen LogP contribution >= 0.6 is 11.6 Å². The molecule has 122 valence electrons. The number of nitrogens with two attached hydrogens (primary N) is 1.